The second-order valence-corrected chi connectivity index (χ2v) is 3.64. The molecule has 0 bridgehead atoms. The number of pyridine rings is 1. The molecule has 0 aliphatic rings. The number of carbonyl (C=O) groups excluding carboxylic acids is 1. The Bertz CT molecular complexity index is 313. The van der Waals surface area contributed by atoms with Crippen LogP contribution >= 0.6 is 0 Å². The molecule has 0 aromatic carbocycles. The summed E-state index contributed by atoms with van der Waals surface area (Å²) in [5.74, 6) is 0.0449. The van der Waals surface area contributed by atoms with Crippen LogP contribution in [-0.2, 0) is 11.2 Å². The summed E-state index contributed by atoms with van der Waals surface area (Å²) in [5.41, 5.74) is 1.04. The van der Waals surface area contributed by atoms with E-state index in [9.17, 15) is 4.79 Å². The van der Waals surface area contributed by atoms with Gasteiger partial charge in [0.15, 0.2) is 0 Å². The van der Waals surface area contributed by atoms with E-state index in [0.717, 1.165) is 18.7 Å². The van der Waals surface area contributed by atoms with Crippen molar-refractivity contribution in [2.45, 2.75) is 26.3 Å². The Morgan fingerprint density at radius 1 is 1.50 bits per heavy atom. The molecule has 4 heteroatoms. The topological polar surface area (TPSA) is 54.0 Å². The maximum Gasteiger partial charge on any atom is 0.236 e. The molecule has 16 heavy (non-hydrogen) atoms. The van der Waals surface area contributed by atoms with E-state index in [-0.39, 0.29) is 11.9 Å². The summed E-state index contributed by atoms with van der Waals surface area (Å²) in [6.07, 6.45) is 2.62. The first kappa shape index (κ1) is 12.6. The van der Waals surface area contributed by atoms with Crippen molar-refractivity contribution in [3.05, 3.63) is 30.1 Å². The number of rotatable bonds is 6. The summed E-state index contributed by atoms with van der Waals surface area (Å²) < 4.78 is 0. The van der Waals surface area contributed by atoms with E-state index >= 15 is 0 Å². The summed E-state index contributed by atoms with van der Waals surface area (Å²) in [6, 6.07) is 5.70. The van der Waals surface area contributed by atoms with Crippen molar-refractivity contribution >= 4 is 5.91 Å². The number of nitrogens with one attached hydrogen (secondary N) is 2. The summed E-state index contributed by atoms with van der Waals surface area (Å²) in [4.78, 5) is 15.6. The van der Waals surface area contributed by atoms with Gasteiger partial charge in [-0.1, -0.05) is 6.07 Å². The van der Waals surface area contributed by atoms with Gasteiger partial charge in [-0.3, -0.25) is 9.78 Å². The van der Waals surface area contributed by atoms with E-state index in [0.29, 0.717) is 6.54 Å². The second kappa shape index (κ2) is 6.95. The number of hydrogen-bond donors (Lipinski definition) is 2. The van der Waals surface area contributed by atoms with Crippen LogP contribution in [0.4, 0.5) is 0 Å². The first-order chi connectivity index (χ1) is 7.74. The first-order valence-corrected chi connectivity index (χ1v) is 5.65. The lowest BCUT2D eigenvalue weighted by Crippen LogP contribution is -2.42. The SMILES string of the molecule is CCNC(=O)C(C)NCCc1ccccn1. The number of aromatic nitrogens is 1. The molecule has 1 unspecified atom stereocenters. The summed E-state index contributed by atoms with van der Waals surface area (Å²) in [7, 11) is 0. The fourth-order valence-corrected chi connectivity index (χ4v) is 1.38. The zero-order chi connectivity index (χ0) is 11.8. The molecule has 0 aliphatic carbocycles. The fraction of sp³-hybridized carbons (Fsp3) is 0.500. The standard InChI is InChI=1S/C12H19N3O/c1-3-13-12(16)10(2)14-9-7-11-6-4-5-8-15-11/h4-6,8,10,14H,3,7,9H2,1-2H3,(H,13,16). The predicted octanol–water partition coefficient (Wildman–Crippen LogP) is 0.738. The van der Waals surface area contributed by atoms with Crippen molar-refractivity contribution in [1.82, 2.24) is 15.6 Å². The molecule has 1 atom stereocenters. The number of carbonyl (C=O) groups is 1. The van der Waals surface area contributed by atoms with Gasteiger partial charge in [-0.2, -0.15) is 0 Å². The molecule has 1 heterocycles. The molecular formula is C12H19N3O. The minimum absolute atomic E-state index is 0.0449. The molecule has 0 saturated heterocycles. The molecule has 0 saturated carbocycles. The lowest BCUT2D eigenvalue weighted by molar-refractivity contribution is -0.122. The quantitative estimate of drug-likeness (QED) is 0.745. The van der Waals surface area contributed by atoms with Crippen LogP contribution in [0.2, 0.25) is 0 Å². The molecule has 0 aliphatic heterocycles. The molecule has 1 aromatic rings. The molecule has 0 fully saturated rings. The first-order valence-electron chi connectivity index (χ1n) is 5.65. The van der Waals surface area contributed by atoms with Crippen molar-refractivity contribution < 1.29 is 4.79 Å². The average Bonchev–Trinajstić information content (AvgIpc) is 2.30. The molecule has 1 amide bonds. The van der Waals surface area contributed by atoms with E-state index in [1.54, 1.807) is 6.20 Å². The van der Waals surface area contributed by atoms with E-state index in [1.165, 1.54) is 0 Å². The zero-order valence-electron chi connectivity index (χ0n) is 9.86. The number of nitrogens with zero attached hydrogens (tertiary/aromatic N) is 1. The Hall–Kier alpha value is -1.42. The Labute approximate surface area is 96.5 Å². The lowest BCUT2D eigenvalue weighted by atomic mass is 10.2. The molecule has 88 valence electrons. The van der Waals surface area contributed by atoms with Gasteiger partial charge in [0.25, 0.3) is 0 Å². The maximum absolute atomic E-state index is 11.4. The van der Waals surface area contributed by atoms with E-state index in [1.807, 2.05) is 32.0 Å². The second-order valence-electron chi connectivity index (χ2n) is 3.64. The lowest BCUT2D eigenvalue weighted by Gasteiger charge is -2.12. The van der Waals surface area contributed by atoms with Crippen LogP contribution in [0.3, 0.4) is 0 Å². The minimum atomic E-state index is -0.149. The Balaban J connectivity index is 2.23. The molecule has 0 spiro atoms. The predicted molar refractivity (Wildman–Crippen MR) is 64.1 cm³/mol. The normalized spacial score (nSPS) is 12.1. The van der Waals surface area contributed by atoms with Gasteiger partial charge in [-0.25, -0.2) is 0 Å². The molecule has 0 radical (unpaired) electrons. The van der Waals surface area contributed by atoms with Crippen LogP contribution in [0.25, 0.3) is 0 Å². The Morgan fingerprint density at radius 2 is 2.31 bits per heavy atom. The van der Waals surface area contributed by atoms with Crippen LogP contribution in [0.15, 0.2) is 24.4 Å². The summed E-state index contributed by atoms with van der Waals surface area (Å²) >= 11 is 0. The highest BCUT2D eigenvalue weighted by Gasteiger charge is 2.09. The molecule has 1 rings (SSSR count). The molecule has 1 aromatic heterocycles. The Kier molecular flexibility index (Phi) is 5.50. The van der Waals surface area contributed by atoms with Gasteiger partial charge in [0.05, 0.1) is 6.04 Å². The maximum atomic E-state index is 11.4. The summed E-state index contributed by atoms with van der Waals surface area (Å²) in [5, 5.41) is 5.94. The van der Waals surface area contributed by atoms with E-state index in [4.69, 9.17) is 0 Å². The van der Waals surface area contributed by atoms with Crippen molar-refractivity contribution in [1.29, 1.82) is 0 Å². The van der Waals surface area contributed by atoms with Crippen LogP contribution < -0.4 is 10.6 Å². The Morgan fingerprint density at radius 3 is 2.94 bits per heavy atom. The van der Waals surface area contributed by atoms with Crippen molar-refractivity contribution in [3.63, 3.8) is 0 Å². The van der Waals surface area contributed by atoms with Gasteiger partial charge in [-0.15, -0.1) is 0 Å². The van der Waals surface area contributed by atoms with Crippen LogP contribution in [-0.4, -0.2) is 30.0 Å². The molecule has 2 N–H and O–H groups in total. The van der Waals surface area contributed by atoms with Gasteiger partial charge in [-0.05, 0) is 26.0 Å². The van der Waals surface area contributed by atoms with Gasteiger partial charge in [0.1, 0.15) is 0 Å². The van der Waals surface area contributed by atoms with Crippen molar-refractivity contribution in [3.8, 4) is 0 Å². The minimum Gasteiger partial charge on any atom is -0.355 e. The number of likely N-dealkylation sites (N-methyl/N-ethyl adjacent to an activating group) is 1. The fourth-order valence-electron chi connectivity index (χ4n) is 1.38. The van der Waals surface area contributed by atoms with Crippen LogP contribution in [0.1, 0.15) is 19.5 Å². The third-order valence-corrected chi connectivity index (χ3v) is 2.30. The van der Waals surface area contributed by atoms with Crippen molar-refractivity contribution in [2.75, 3.05) is 13.1 Å². The largest absolute Gasteiger partial charge is 0.355 e. The zero-order valence-corrected chi connectivity index (χ0v) is 9.86. The van der Waals surface area contributed by atoms with Crippen LogP contribution in [0.5, 0.6) is 0 Å². The van der Waals surface area contributed by atoms with Gasteiger partial charge in [0.2, 0.25) is 5.91 Å². The van der Waals surface area contributed by atoms with Gasteiger partial charge < -0.3 is 10.6 Å². The van der Waals surface area contributed by atoms with Crippen molar-refractivity contribution in [2.24, 2.45) is 0 Å². The monoisotopic (exact) mass is 221 g/mol. The van der Waals surface area contributed by atoms with Crippen LogP contribution in [0, 0.1) is 0 Å². The van der Waals surface area contributed by atoms with E-state index in [2.05, 4.69) is 15.6 Å². The highest BCUT2D eigenvalue weighted by Crippen LogP contribution is 1.93. The highest BCUT2D eigenvalue weighted by atomic mass is 16.2. The van der Waals surface area contributed by atoms with Gasteiger partial charge >= 0.3 is 0 Å². The third-order valence-electron chi connectivity index (χ3n) is 2.30. The summed E-state index contributed by atoms with van der Waals surface area (Å²) in [6.45, 7) is 5.21. The van der Waals surface area contributed by atoms with E-state index < -0.39 is 0 Å². The molecular weight excluding hydrogens is 202 g/mol. The molecule has 4 nitrogen and oxygen atoms in total. The van der Waals surface area contributed by atoms with Gasteiger partial charge in [0, 0.05) is 31.4 Å². The number of hydrogen-bond acceptors (Lipinski definition) is 3. The highest BCUT2D eigenvalue weighted by molar-refractivity contribution is 5.81. The third kappa shape index (κ3) is 4.40. The average molecular weight is 221 g/mol. The smallest absolute Gasteiger partial charge is 0.236 e. The number of amides is 1.